The van der Waals surface area contributed by atoms with E-state index in [1.165, 1.54) is 12.0 Å². The first kappa shape index (κ1) is 22.1. The monoisotopic (exact) mass is 415 g/mol. The molecular weight excluding hydrogens is 395 g/mol. The lowest BCUT2D eigenvalue weighted by Gasteiger charge is -2.35. The number of nitrogens with zero attached hydrogens (tertiary/aromatic N) is 3. The van der Waals surface area contributed by atoms with Gasteiger partial charge in [-0.05, 0) is 23.6 Å². The van der Waals surface area contributed by atoms with Crippen LogP contribution < -0.4 is 0 Å². The van der Waals surface area contributed by atoms with E-state index in [-0.39, 0.29) is 30.5 Å². The van der Waals surface area contributed by atoms with Gasteiger partial charge in [-0.25, -0.2) is 9.97 Å². The molecular formula is C19H21ClF3N3O2. The summed E-state index contributed by atoms with van der Waals surface area (Å²) in [5, 5.41) is 0.529. The highest BCUT2D eigenvalue weighted by Crippen LogP contribution is 2.37. The molecule has 1 heterocycles. The van der Waals surface area contributed by atoms with Gasteiger partial charge in [0.15, 0.2) is 5.69 Å². The van der Waals surface area contributed by atoms with E-state index in [0.717, 1.165) is 12.5 Å². The molecule has 1 atom stereocenters. The zero-order chi connectivity index (χ0) is 20.9. The largest absolute Gasteiger partial charge is 0.433 e. The van der Waals surface area contributed by atoms with Crippen molar-refractivity contribution in [1.82, 2.24) is 14.9 Å². The van der Waals surface area contributed by atoms with Gasteiger partial charge in [0.2, 0.25) is 5.91 Å². The number of carbonyl (C=O) groups excluding carboxylic acids is 1. The van der Waals surface area contributed by atoms with E-state index in [1.54, 1.807) is 38.1 Å². The highest BCUT2D eigenvalue weighted by Gasteiger charge is 2.40. The lowest BCUT2D eigenvalue weighted by atomic mass is 9.93. The summed E-state index contributed by atoms with van der Waals surface area (Å²) in [4.78, 5) is 21.4. The number of hydrogen-bond donors (Lipinski definition) is 0. The molecule has 0 spiro atoms. The fraction of sp³-hybridized carbons (Fsp3) is 0.421. The van der Waals surface area contributed by atoms with E-state index in [0.29, 0.717) is 10.6 Å². The van der Waals surface area contributed by atoms with Crippen molar-refractivity contribution in [2.45, 2.75) is 32.5 Å². The average molecular weight is 416 g/mol. The Morgan fingerprint density at radius 2 is 1.89 bits per heavy atom. The van der Waals surface area contributed by atoms with Crippen molar-refractivity contribution in [3.8, 4) is 0 Å². The Morgan fingerprint density at radius 3 is 2.43 bits per heavy atom. The van der Waals surface area contributed by atoms with Crippen molar-refractivity contribution in [3.63, 3.8) is 0 Å². The number of ether oxygens (including phenoxy) is 1. The van der Waals surface area contributed by atoms with Gasteiger partial charge in [0, 0.05) is 23.9 Å². The fourth-order valence-electron chi connectivity index (χ4n) is 3.01. The van der Waals surface area contributed by atoms with Crippen molar-refractivity contribution in [3.05, 3.63) is 58.6 Å². The molecule has 28 heavy (non-hydrogen) atoms. The highest BCUT2D eigenvalue weighted by molar-refractivity contribution is 6.30. The zero-order valence-electron chi connectivity index (χ0n) is 15.7. The van der Waals surface area contributed by atoms with Crippen LogP contribution >= 0.6 is 11.6 Å². The molecule has 0 aliphatic carbocycles. The molecule has 1 aromatic carbocycles. The van der Waals surface area contributed by atoms with Gasteiger partial charge in [-0.3, -0.25) is 4.79 Å². The third kappa shape index (κ3) is 5.42. The second-order valence-electron chi connectivity index (χ2n) is 6.60. The van der Waals surface area contributed by atoms with Crippen LogP contribution in [0, 0.1) is 5.92 Å². The zero-order valence-corrected chi connectivity index (χ0v) is 16.5. The Hall–Kier alpha value is -2.19. The van der Waals surface area contributed by atoms with Gasteiger partial charge in [-0.2, -0.15) is 13.2 Å². The summed E-state index contributed by atoms with van der Waals surface area (Å²) >= 11 is 5.86. The summed E-state index contributed by atoms with van der Waals surface area (Å²) in [5.41, 5.74) is -0.522. The van der Waals surface area contributed by atoms with Crippen LogP contribution in [0.4, 0.5) is 13.2 Å². The maximum atomic E-state index is 13.5. The third-order valence-corrected chi connectivity index (χ3v) is 4.40. The molecule has 0 saturated heterocycles. The molecule has 0 aliphatic rings. The lowest BCUT2D eigenvalue weighted by Crippen LogP contribution is -2.40. The second kappa shape index (κ2) is 9.34. The molecule has 9 heteroatoms. The van der Waals surface area contributed by atoms with Gasteiger partial charge in [-0.15, -0.1) is 0 Å². The number of benzene rings is 1. The predicted octanol–water partition coefficient (Wildman–Crippen LogP) is 4.52. The molecule has 2 aromatic rings. The van der Waals surface area contributed by atoms with Crippen molar-refractivity contribution in [1.29, 1.82) is 0 Å². The second-order valence-corrected chi connectivity index (χ2v) is 7.03. The van der Waals surface area contributed by atoms with Gasteiger partial charge in [0.25, 0.3) is 0 Å². The van der Waals surface area contributed by atoms with Gasteiger partial charge in [0.05, 0.1) is 12.5 Å². The summed E-state index contributed by atoms with van der Waals surface area (Å²) < 4.78 is 45.5. The minimum atomic E-state index is -4.66. The average Bonchev–Trinajstić information content (AvgIpc) is 2.62. The van der Waals surface area contributed by atoms with E-state index in [4.69, 9.17) is 16.3 Å². The Kier molecular flexibility index (Phi) is 7.37. The molecule has 2 rings (SSSR count). The summed E-state index contributed by atoms with van der Waals surface area (Å²) in [5.74, 6) is -0.712. The SMILES string of the molecule is COCN(C(=O)Cc1ccc(Cl)cc1)C(c1cncnc1C(F)(F)F)C(C)C. The van der Waals surface area contributed by atoms with Crippen molar-refractivity contribution in [2.24, 2.45) is 5.92 Å². The van der Waals surface area contributed by atoms with E-state index in [2.05, 4.69) is 9.97 Å². The number of carbonyl (C=O) groups is 1. The molecule has 0 fully saturated rings. The minimum Gasteiger partial charge on any atom is -0.364 e. The number of methoxy groups -OCH3 is 1. The van der Waals surface area contributed by atoms with E-state index in [1.807, 2.05) is 0 Å². The highest BCUT2D eigenvalue weighted by atomic mass is 35.5. The number of halogens is 4. The fourth-order valence-corrected chi connectivity index (χ4v) is 3.13. The first-order valence-electron chi connectivity index (χ1n) is 8.55. The quantitative estimate of drug-likeness (QED) is 0.624. The smallest absolute Gasteiger partial charge is 0.364 e. The normalized spacial score (nSPS) is 12.9. The maximum Gasteiger partial charge on any atom is 0.433 e. The summed E-state index contributed by atoms with van der Waals surface area (Å²) in [6, 6.07) is 5.79. The molecule has 0 N–H and O–H groups in total. The van der Waals surface area contributed by atoms with Crippen molar-refractivity contribution < 1.29 is 22.7 Å². The minimum absolute atomic E-state index is 0.00120. The van der Waals surface area contributed by atoms with Gasteiger partial charge < -0.3 is 9.64 Å². The van der Waals surface area contributed by atoms with Crippen LogP contribution in [0.3, 0.4) is 0 Å². The van der Waals surface area contributed by atoms with E-state index in [9.17, 15) is 18.0 Å². The third-order valence-electron chi connectivity index (χ3n) is 4.15. The van der Waals surface area contributed by atoms with Crippen LogP contribution in [0.25, 0.3) is 0 Å². The number of hydrogen-bond acceptors (Lipinski definition) is 4. The Morgan fingerprint density at radius 1 is 1.25 bits per heavy atom. The molecule has 152 valence electrons. The van der Waals surface area contributed by atoms with Crippen LogP contribution in [-0.2, 0) is 22.1 Å². The number of amides is 1. The summed E-state index contributed by atoms with van der Waals surface area (Å²) in [7, 11) is 1.38. The van der Waals surface area contributed by atoms with Gasteiger partial charge in [0.1, 0.15) is 13.1 Å². The topological polar surface area (TPSA) is 55.3 Å². The van der Waals surface area contributed by atoms with E-state index < -0.39 is 17.9 Å². The Balaban J connectivity index is 2.42. The number of alkyl halides is 3. The number of aromatic nitrogens is 2. The van der Waals surface area contributed by atoms with Crippen LogP contribution in [-0.4, -0.2) is 34.6 Å². The summed E-state index contributed by atoms with van der Waals surface area (Å²) in [6.07, 6.45) is -2.71. The molecule has 0 radical (unpaired) electrons. The van der Waals surface area contributed by atoms with Crippen LogP contribution in [0.15, 0.2) is 36.8 Å². The lowest BCUT2D eigenvalue weighted by molar-refractivity contribution is -0.147. The predicted molar refractivity (Wildman–Crippen MR) is 98.5 cm³/mol. The molecule has 1 aromatic heterocycles. The molecule has 0 saturated carbocycles. The Labute approximate surface area is 166 Å². The summed E-state index contributed by atoms with van der Waals surface area (Å²) in [6.45, 7) is 3.30. The molecule has 1 amide bonds. The van der Waals surface area contributed by atoms with E-state index >= 15 is 0 Å². The van der Waals surface area contributed by atoms with Gasteiger partial charge in [-0.1, -0.05) is 37.6 Å². The van der Waals surface area contributed by atoms with Crippen LogP contribution in [0.1, 0.15) is 36.7 Å². The molecule has 5 nitrogen and oxygen atoms in total. The Bertz CT molecular complexity index is 798. The van der Waals surface area contributed by atoms with Crippen molar-refractivity contribution >= 4 is 17.5 Å². The van der Waals surface area contributed by atoms with Crippen LogP contribution in [0.5, 0.6) is 0 Å². The van der Waals surface area contributed by atoms with Crippen molar-refractivity contribution in [2.75, 3.05) is 13.8 Å². The molecule has 0 bridgehead atoms. The van der Waals surface area contributed by atoms with Gasteiger partial charge >= 0.3 is 6.18 Å². The van der Waals surface area contributed by atoms with Crippen LogP contribution in [0.2, 0.25) is 5.02 Å². The maximum absolute atomic E-state index is 13.5. The molecule has 0 aliphatic heterocycles. The molecule has 1 unspecified atom stereocenters. The first-order valence-corrected chi connectivity index (χ1v) is 8.93. The first-order chi connectivity index (χ1) is 13.1. The number of rotatable bonds is 7. The standard InChI is InChI=1S/C19H21ClF3N3O2/c1-12(2)17(15-9-24-10-25-18(15)19(21,22)23)26(11-28-3)16(27)8-13-4-6-14(20)7-5-13/h4-7,9-10,12,17H,8,11H2,1-3H3.